The van der Waals surface area contributed by atoms with Crippen LogP contribution in [0.1, 0.15) is 5.56 Å². The molecule has 2 N–H and O–H groups in total. The lowest BCUT2D eigenvalue weighted by molar-refractivity contribution is 0.973. The summed E-state index contributed by atoms with van der Waals surface area (Å²) in [6.07, 6.45) is 0. The summed E-state index contributed by atoms with van der Waals surface area (Å²) in [5, 5.41) is 4.71. The minimum absolute atomic E-state index is 0.304. The zero-order valence-electron chi connectivity index (χ0n) is 13.1. The van der Waals surface area contributed by atoms with E-state index in [0.29, 0.717) is 22.0 Å². The van der Waals surface area contributed by atoms with Gasteiger partial charge in [-0.05, 0) is 24.3 Å². The molecule has 4 rings (SSSR count). The van der Waals surface area contributed by atoms with Crippen LogP contribution in [0, 0.1) is 0 Å². The zero-order chi connectivity index (χ0) is 17.4. The number of halogens is 1. The Labute approximate surface area is 158 Å². The highest BCUT2D eigenvalue weighted by Crippen LogP contribution is 2.26. The molecule has 0 aliphatic heterocycles. The Morgan fingerprint density at radius 1 is 0.960 bits per heavy atom. The fraction of sp³-hybridized carbons (Fsp3) is 0. The zero-order valence-corrected chi connectivity index (χ0v) is 15.5. The van der Waals surface area contributed by atoms with Crippen molar-refractivity contribution in [1.29, 1.82) is 0 Å². The number of nitrogens with two attached hydrogens (primary N) is 1. The molecule has 2 aromatic carbocycles. The molecule has 2 heterocycles. The highest BCUT2D eigenvalue weighted by molar-refractivity contribution is 9.10. The second-order valence-electron chi connectivity index (χ2n) is 5.54. The number of fused-ring (bicyclic) bond motifs is 1. The van der Waals surface area contributed by atoms with Crippen LogP contribution in [0.15, 0.2) is 71.2 Å². The van der Waals surface area contributed by atoms with E-state index in [9.17, 15) is 0 Å². The van der Waals surface area contributed by atoms with E-state index >= 15 is 0 Å². The highest BCUT2D eigenvalue weighted by atomic mass is 79.9. The molecule has 2 aromatic heterocycles. The summed E-state index contributed by atoms with van der Waals surface area (Å²) in [5.74, 6) is 0.639. The van der Waals surface area contributed by atoms with Crippen LogP contribution in [0.25, 0.3) is 28.3 Å². The standard InChI is InChI=1S/C19H13BrN4S/c20-14-8-4-7-13(11-14)16-10-9-15(17(21)25)19-22-18(23-24(16)19)12-5-2-1-3-6-12/h1-11H,(H2,21,25). The minimum Gasteiger partial charge on any atom is -0.389 e. The van der Waals surface area contributed by atoms with Crippen LogP contribution in [0.4, 0.5) is 0 Å². The SMILES string of the molecule is NC(=S)c1ccc(-c2cccc(Br)c2)n2nc(-c3ccccc3)nc12. The van der Waals surface area contributed by atoms with E-state index in [-0.39, 0.29) is 0 Å². The van der Waals surface area contributed by atoms with E-state index in [1.54, 1.807) is 4.52 Å². The van der Waals surface area contributed by atoms with Crippen molar-refractivity contribution >= 4 is 38.8 Å². The Bertz CT molecular complexity index is 1090. The van der Waals surface area contributed by atoms with Crippen LogP contribution in [-0.2, 0) is 0 Å². The van der Waals surface area contributed by atoms with Gasteiger partial charge in [-0.15, -0.1) is 5.10 Å². The molecule has 0 aliphatic carbocycles. The summed E-state index contributed by atoms with van der Waals surface area (Å²) in [4.78, 5) is 4.99. The molecule has 6 heteroatoms. The van der Waals surface area contributed by atoms with Gasteiger partial charge in [-0.3, -0.25) is 0 Å². The van der Waals surface area contributed by atoms with Crippen molar-refractivity contribution in [1.82, 2.24) is 14.6 Å². The first-order valence-electron chi connectivity index (χ1n) is 7.64. The quantitative estimate of drug-likeness (QED) is 0.508. The second-order valence-corrected chi connectivity index (χ2v) is 6.90. The van der Waals surface area contributed by atoms with E-state index < -0.39 is 0 Å². The third kappa shape index (κ3) is 2.94. The molecule has 122 valence electrons. The predicted molar refractivity (Wildman–Crippen MR) is 107 cm³/mol. The van der Waals surface area contributed by atoms with Crippen LogP contribution in [0.3, 0.4) is 0 Å². The van der Waals surface area contributed by atoms with Gasteiger partial charge >= 0.3 is 0 Å². The Kier molecular flexibility index (Phi) is 4.07. The molecule has 0 saturated carbocycles. The van der Waals surface area contributed by atoms with Crippen molar-refractivity contribution in [3.63, 3.8) is 0 Å². The Balaban J connectivity index is 2.01. The fourth-order valence-electron chi connectivity index (χ4n) is 2.73. The molecule has 0 amide bonds. The van der Waals surface area contributed by atoms with Crippen LogP contribution in [0.5, 0.6) is 0 Å². The maximum Gasteiger partial charge on any atom is 0.182 e. The van der Waals surface area contributed by atoms with E-state index in [2.05, 4.69) is 20.9 Å². The number of pyridine rings is 1. The van der Waals surface area contributed by atoms with Gasteiger partial charge in [0.2, 0.25) is 0 Å². The smallest absolute Gasteiger partial charge is 0.182 e. The average molecular weight is 409 g/mol. The van der Waals surface area contributed by atoms with Gasteiger partial charge in [-0.25, -0.2) is 9.50 Å². The van der Waals surface area contributed by atoms with Gasteiger partial charge in [0, 0.05) is 15.6 Å². The Morgan fingerprint density at radius 2 is 1.72 bits per heavy atom. The normalized spacial score (nSPS) is 10.9. The maximum atomic E-state index is 5.88. The predicted octanol–water partition coefficient (Wildman–Crippen LogP) is 4.46. The molecular weight excluding hydrogens is 396 g/mol. The first-order valence-corrected chi connectivity index (χ1v) is 8.84. The Hall–Kier alpha value is -2.57. The highest BCUT2D eigenvalue weighted by Gasteiger charge is 2.15. The lowest BCUT2D eigenvalue weighted by Crippen LogP contribution is -2.12. The topological polar surface area (TPSA) is 56.2 Å². The van der Waals surface area contributed by atoms with Crippen molar-refractivity contribution in [2.24, 2.45) is 5.73 Å². The Morgan fingerprint density at radius 3 is 2.44 bits per heavy atom. The number of hydrogen-bond acceptors (Lipinski definition) is 3. The first kappa shape index (κ1) is 15.9. The van der Waals surface area contributed by atoms with Crippen LogP contribution in [0.2, 0.25) is 0 Å². The molecule has 0 bridgehead atoms. The van der Waals surface area contributed by atoms with Gasteiger partial charge in [0.05, 0.1) is 11.3 Å². The minimum atomic E-state index is 0.304. The summed E-state index contributed by atoms with van der Waals surface area (Å²) in [6.45, 7) is 0. The van der Waals surface area contributed by atoms with Crippen LogP contribution >= 0.6 is 28.1 Å². The number of thiocarbonyl (C=S) groups is 1. The molecule has 0 fully saturated rings. The molecule has 0 unspecified atom stereocenters. The van der Waals surface area contributed by atoms with Crippen LogP contribution in [-0.4, -0.2) is 19.6 Å². The molecule has 0 aliphatic rings. The van der Waals surface area contributed by atoms with Gasteiger partial charge < -0.3 is 5.73 Å². The summed E-state index contributed by atoms with van der Waals surface area (Å²) < 4.78 is 2.80. The molecule has 25 heavy (non-hydrogen) atoms. The summed E-state index contributed by atoms with van der Waals surface area (Å²) >= 11 is 8.70. The molecule has 0 saturated heterocycles. The van der Waals surface area contributed by atoms with Crippen molar-refractivity contribution in [3.05, 3.63) is 76.8 Å². The average Bonchev–Trinajstić information content (AvgIpc) is 3.06. The maximum absolute atomic E-state index is 5.88. The molecule has 4 nitrogen and oxygen atoms in total. The second kappa shape index (κ2) is 6.38. The monoisotopic (exact) mass is 408 g/mol. The van der Waals surface area contributed by atoms with Gasteiger partial charge in [-0.2, -0.15) is 0 Å². The van der Waals surface area contributed by atoms with E-state index in [0.717, 1.165) is 21.3 Å². The number of hydrogen-bond donors (Lipinski definition) is 1. The summed E-state index contributed by atoms with van der Waals surface area (Å²) in [6, 6.07) is 21.8. The number of rotatable bonds is 3. The van der Waals surface area contributed by atoms with Crippen molar-refractivity contribution in [2.75, 3.05) is 0 Å². The van der Waals surface area contributed by atoms with Gasteiger partial charge in [0.1, 0.15) is 4.99 Å². The fourth-order valence-corrected chi connectivity index (χ4v) is 3.29. The van der Waals surface area contributed by atoms with Gasteiger partial charge in [0.25, 0.3) is 0 Å². The van der Waals surface area contributed by atoms with E-state index in [1.807, 2.05) is 66.7 Å². The molecule has 0 radical (unpaired) electrons. The van der Waals surface area contributed by atoms with Gasteiger partial charge in [0.15, 0.2) is 11.5 Å². The molecule has 0 atom stereocenters. The van der Waals surface area contributed by atoms with Crippen LogP contribution < -0.4 is 5.73 Å². The number of benzene rings is 2. The largest absolute Gasteiger partial charge is 0.389 e. The summed E-state index contributed by atoms with van der Waals surface area (Å²) in [7, 11) is 0. The van der Waals surface area contributed by atoms with E-state index in [4.69, 9.17) is 23.1 Å². The molecular formula is C19H13BrN4S. The van der Waals surface area contributed by atoms with Crippen molar-refractivity contribution in [2.45, 2.75) is 0 Å². The number of aromatic nitrogens is 3. The van der Waals surface area contributed by atoms with Crippen molar-refractivity contribution in [3.8, 4) is 22.6 Å². The van der Waals surface area contributed by atoms with Crippen molar-refractivity contribution < 1.29 is 0 Å². The number of nitrogens with zero attached hydrogens (tertiary/aromatic N) is 3. The molecule has 0 spiro atoms. The van der Waals surface area contributed by atoms with E-state index in [1.165, 1.54) is 0 Å². The third-order valence-electron chi connectivity index (χ3n) is 3.90. The lowest BCUT2D eigenvalue weighted by Gasteiger charge is -2.07. The first-order chi connectivity index (χ1) is 12.1. The lowest BCUT2D eigenvalue weighted by atomic mass is 10.1. The van der Waals surface area contributed by atoms with Gasteiger partial charge in [-0.1, -0.05) is 70.6 Å². The summed E-state index contributed by atoms with van der Waals surface area (Å²) in [5.41, 5.74) is 10.1. The third-order valence-corrected chi connectivity index (χ3v) is 4.62. The molecule has 4 aromatic rings.